The number of hydrogen-bond donors (Lipinski definition) is 2. The van der Waals surface area contributed by atoms with Crippen molar-refractivity contribution in [3.8, 4) is 12.3 Å². The molecule has 1 unspecified atom stereocenters. The normalized spacial score (nSPS) is 12.7. The maximum absolute atomic E-state index is 10.2. The van der Waals surface area contributed by atoms with E-state index in [9.17, 15) is 4.79 Å². The number of hydrogen-bond acceptors (Lipinski definition) is 3. The summed E-state index contributed by atoms with van der Waals surface area (Å²) >= 11 is 0. The van der Waals surface area contributed by atoms with Gasteiger partial charge in [0.15, 0.2) is 6.04 Å². The number of carboxylic acid groups (broad SMARTS) is 1. The van der Waals surface area contributed by atoms with E-state index >= 15 is 0 Å². The van der Waals surface area contributed by atoms with E-state index in [0.717, 1.165) is 0 Å². The van der Waals surface area contributed by atoms with Gasteiger partial charge in [0.2, 0.25) is 0 Å². The average molecular weight is 141 g/mol. The molecule has 0 saturated heterocycles. The van der Waals surface area contributed by atoms with Gasteiger partial charge in [-0.1, -0.05) is 5.22 Å². The molecule has 0 heterocycles. The predicted molar refractivity (Wildman–Crippen MR) is 33.9 cm³/mol. The number of carbonyl (C=O) groups is 1. The molecule has 10 heavy (non-hydrogen) atoms. The van der Waals surface area contributed by atoms with E-state index in [-0.39, 0.29) is 6.42 Å². The highest BCUT2D eigenvalue weighted by Crippen LogP contribution is 1.96. The first-order valence-electron chi connectivity index (χ1n) is 2.48. The summed E-state index contributed by atoms with van der Waals surface area (Å²) < 4.78 is 0. The highest BCUT2D eigenvalue weighted by Gasteiger charge is 2.13. The summed E-state index contributed by atoms with van der Waals surface area (Å²) in [7, 11) is 0. The van der Waals surface area contributed by atoms with Gasteiger partial charge in [-0.05, 0) is 0 Å². The van der Waals surface area contributed by atoms with Gasteiger partial charge in [-0.2, -0.15) is 5.11 Å². The van der Waals surface area contributed by atoms with E-state index < -0.39 is 12.0 Å². The maximum atomic E-state index is 10.2. The molecule has 1 atom stereocenters. The summed E-state index contributed by atoms with van der Waals surface area (Å²) in [5, 5.41) is 14.3. The summed E-state index contributed by atoms with van der Waals surface area (Å²) in [5.74, 6) is 5.65. The third-order valence-electron chi connectivity index (χ3n) is 0.802. The molecule has 5 nitrogen and oxygen atoms in total. The molecular formula is C5H7N3O2. The van der Waals surface area contributed by atoms with Crippen LogP contribution in [0.15, 0.2) is 10.3 Å². The third kappa shape index (κ3) is 2.67. The zero-order valence-electron chi connectivity index (χ0n) is 5.19. The minimum atomic E-state index is -1.12. The molecule has 0 saturated carbocycles. The van der Waals surface area contributed by atoms with Gasteiger partial charge in [0.25, 0.3) is 0 Å². The maximum Gasteiger partial charge on any atom is 0.331 e. The van der Waals surface area contributed by atoms with Crippen molar-refractivity contribution < 1.29 is 9.90 Å². The molecule has 0 aromatic heterocycles. The standard InChI is InChI=1S/C5H7N3O2/c1-2-3-4(5(9)10)7-8-6/h1,4H,3H2,(H2,6,7)(H,9,10). The summed E-state index contributed by atoms with van der Waals surface area (Å²) in [6.07, 6.45) is 4.85. The summed E-state index contributed by atoms with van der Waals surface area (Å²) in [4.78, 5) is 10.2. The molecule has 0 aliphatic carbocycles. The first-order chi connectivity index (χ1) is 4.72. The Morgan fingerprint density at radius 2 is 2.50 bits per heavy atom. The number of aliphatic carboxylic acids is 1. The number of carboxylic acids is 1. The Morgan fingerprint density at radius 3 is 2.80 bits per heavy atom. The lowest BCUT2D eigenvalue weighted by Gasteiger charge is -1.97. The minimum absolute atomic E-state index is 0.00995. The molecule has 0 aliphatic heterocycles. The van der Waals surface area contributed by atoms with Crippen molar-refractivity contribution in [1.82, 2.24) is 0 Å². The smallest absolute Gasteiger partial charge is 0.331 e. The van der Waals surface area contributed by atoms with Gasteiger partial charge in [-0.25, -0.2) is 4.79 Å². The second-order valence-electron chi connectivity index (χ2n) is 1.49. The van der Waals surface area contributed by atoms with Gasteiger partial charge in [0, 0.05) is 6.42 Å². The molecule has 0 bridgehead atoms. The van der Waals surface area contributed by atoms with E-state index in [2.05, 4.69) is 22.1 Å². The Labute approximate surface area is 57.9 Å². The van der Waals surface area contributed by atoms with Crippen molar-refractivity contribution in [3.63, 3.8) is 0 Å². The van der Waals surface area contributed by atoms with Crippen LogP contribution in [0, 0.1) is 12.3 Å². The van der Waals surface area contributed by atoms with Gasteiger partial charge in [-0.15, -0.1) is 12.3 Å². The second-order valence-corrected chi connectivity index (χ2v) is 1.49. The van der Waals surface area contributed by atoms with Crippen LogP contribution in [0.2, 0.25) is 0 Å². The molecule has 0 aromatic rings. The molecular weight excluding hydrogens is 134 g/mol. The predicted octanol–water partition coefficient (Wildman–Crippen LogP) is -0.211. The van der Waals surface area contributed by atoms with E-state index in [0.29, 0.717) is 0 Å². The highest BCUT2D eigenvalue weighted by molar-refractivity contribution is 5.73. The lowest BCUT2D eigenvalue weighted by molar-refractivity contribution is -0.138. The van der Waals surface area contributed by atoms with Gasteiger partial charge in [-0.3, -0.25) is 0 Å². The van der Waals surface area contributed by atoms with Crippen molar-refractivity contribution in [2.24, 2.45) is 16.2 Å². The van der Waals surface area contributed by atoms with Crippen molar-refractivity contribution in [1.29, 1.82) is 0 Å². The molecule has 0 aromatic carbocycles. The van der Waals surface area contributed by atoms with E-state index in [1.165, 1.54) is 0 Å². The summed E-state index contributed by atoms with van der Waals surface area (Å²) in [5.41, 5.74) is 0. The first-order valence-corrected chi connectivity index (χ1v) is 2.48. The van der Waals surface area contributed by atoms with Crippen LogP contribution in [0.1, 0.15) is 6.42 Å². The number of nitrogens with two attached hydrogens (primary N) is 1. The topological polar surface area (TPSA) is 88.0 Å². The van der Waals surface area contributed by atoms with Crippen molar-refractivity contribution in [2.75, 3.05) is 0 Å². The fourth-order valence-electron chi connectivity index (χ4n) is 0.370. The Kier molecular flexibility index (Phi) is 3.64. The van der Waals surface area contributed by atoms with Gasteiger partial charge >= 0.3 is 5.97 Å². The molecule has 0 amide bonds. The van der Waals surface area contributed by atoms with Crippen molar-refractivity contribution in [2.45, 2.75) is 12.5 Å². The van der Waals surface area contributed by atoms with E-state index in [1.54, 1.807) is 0 Å². The molecule has 0 radical (unpaired) electrons. The lowest BCUT2D eigenvalue weighted by atomic mass is 10.2. The molecule has 0 spiro atoms. The number of terminal acetylenes is 1. The van der Waals surface area contributed by atoms with Crippen molar-refractivity contribution in [3.05, 3.63) is 0 Å². The van der Waals surface area contributed by atoms with Crippen LogP contribution in [0.5, 0.6) is 0 Å². The van der Waals surface area contributed by atoms with E-state index in [4.69, 9.17) is 11.5 Å². The molecule has 5 heteroatoms. The Morgan fingerprint density at radius 1 is 1.90 bits per heavy atom. The van der Waals surface area contributed by atoms with Gasteiger partial charge in [0.05, 0.1) is 0 Å². The number of nitrogens with zero attached hydrogens (tertiary/aromatic N) is 2. The molecule has 0 fully saturated rings. The number of rotatable bonds is 3. The third-order valence-corrected chi connectivity index (χ3v) is 0.802. The Bertz CT molecular complexity index is 182. The Balaban J connectivity index is 4.01. The quantitative estimate of drug-likeness (QED) is 0.246. The van der Waals surface area contributed by atoms with Crippen LogP contribution in [0.25, 0.3) is 0 Å². The van der Waals surface area contributed by atoms with Gasteiger partial charge in [0.1, 0.15) is 0 Å². The second kappa shape index (κ2) is 4.32. The molecule has 54 valence electrons. The highest BCUT2D eigenvalue weighted by atomic mass is 16.4. The van der Waals surface area contributed by atoms with E-state index in [1.807, 2.05) is 0 Å². The van der Waals surface area contributed by atoms with Crippen LogP contribution in [0.3, 0.4) is 0 Å². The molecule has 0 rings (SSSR count). The lowest BCUT2D eigenvalue weighted by Crippen LogP contribution is -2.16. The Hall–Kier alpha value is -1.57. The van der Waals surface area contributed by atoms with Crippen LogP contribution >= 0.6 is 0 Å². The summed E-state index contributed by atoms with van der Waals surface area (Å²) in [6.45, 7) is 0. The van der Waals surface area contributed by atoms with Crippen LogP contribution in [-0.2, 0) is 4.79 Å². The largest absolute Gasteiger partial charge is 0.480 e. The van der Waals surface area contributed by atoms with Crippen molar-refractivity contribution >= 4 is 5.97 Å². The fraction of sp³-hybridized carbons (Fsp3) is 0.400. The zero-order chi connectivity index (χ0) is 7.98. The van der Waals surface area contributed by atoms with Crippen LogP contribution in [-0.4, -0.2) is 17.1 Å². The zero-order valence-corrected chi connectivity index (χ0v) is 5.19. The molecule has 0 aliphatic rings. The first kappa shape index (κ1) is 8.43. The molecule has 3 N–H and O–H groups in total. The average Bonchev–Trinajstić information content (AvgIpc) is 1.87. The minimum Gasteiger partial charge on any atom is -0.480 e. The van der Waals surface area contributed by atoms with Crippen LogP contribution in [0.4, 0.5) is 0 Å². The summed E-state index contributed by atoms with van der Waals surface area (Å²) in [6, 6.07) is -1.00. The van der Waals surface area contributed by atoms with Crippen LogP contribution < -0.4 is 5.84 Å². The fourth-order valence-corrected chi connectivity index (χ4v) is 0.370. The monoisotopic (exact) mass is 141 g/mol. The van der Waals surface area contributed by atoms with Gasteiger partial charge < -0.3 is 10.9 Å². The SMILES string of the molecule is C#CCC(N=NN)C(=O)O.